The van der Waals surface area contributed by atoms with Crippen LogP contribution < -0.4 is 0 Å². The number of rotatable bonds is 0. The van der Waals surface area contributed by atoms with Crippen molar-refractivity contribution in [2.75, 3.05) is 0 Å². The molecule has 38 valence electrons. The maximum Gasteiger partial charge on any atom is 0.233 e. The zero-order chi connectivity index (χ0) is 5.98. The fraction of sp³-hybridized carbons (Fsp3) is 0. The summed E-state index contributed by atoms with van der Waals surface area (Å²) in [4.78, 5) is 1.47. The lowest BCUT2D eigenvalue weighted by Crippen LogP contribution is -2.10. The fourth-order valence-electron chi connectivity index (χ4n) is 0.491. The molecule has 1 nitrogen and oxygen atoms in total. The Labute approximate surface area is 50.4 Å². The Morgan fingerprint density at radius 3 is 2.62 bits per heavy atom. The van der Waals surface area contributed by atoms with E-state index in [1.54, 1.807) is 6.20 Å². The molecule has 0 saturated heterocycles. The molecular formula is C6H6BN. The smallest absolute Gasteiger partial charge is 0.233 e. The van der Waals surface area contributed by atoms with Crippen LogP contribution in [0.25, 0.3) is 0 Å². The molecule has 0 unspecified atom stereocenters. The molecule has 1 rings (SSSR count). The van der Waals surface area contributed by atoms with Gasteiger partial charge in [0.1, 0.15) is 0 Å². The number of hydrogen-bond donors (Lipinski definition) is 0. The molecule has 0 aromatic heterocycles. The monoisotopic (exact) mass is 103 g/mol. The van der Waals surface area contributed by atoms with Crippen molar-refractivity contribution in [1.29, 1.82) is 0 Å². The van der Waals surface area contributed by atoms with Gasteiger partial charge in [0, 0.05) is 5.70 Å². The molecular weight excluding hydrogens is 96.9 g/mol. The molecule has 0 saturated carbocycles. The molecule has 0 bridgehead atoms. The summed E-state index contributed by atoms with van der Waals surface area (Å²) in [7, 11) is 5.37. The molecule has 0 aromatic rings. The average molecular weight is 103 g/mol. The summed E-state index contributed by atoms with van der Waals surface area (Å²) in [6.45, 7) is 3.66. The van der Waals surface area contributed by atoms with Gasteiger partial charge in [-0.3, -0.25) is 0 Å². The summed E-state index contributed by atoms with van der Waals surface area (Å²) in [6, 6.07) is 0. The standard InChI is InChI=1S/C6H6BN/c1-6-4-2-3-5-8(6)7/h2-5H,1H2. The Hall–Kier alpha value is -0.915. The van der Waals surface area contributed by atoms with Crippen LogP contribution in [0.1, 0.15) is 0 Å². The fourth-order valence-corrected chi connectivity index (χ4v) is 0.491. The van der Waals surface area contributed by atoms with Gasteiger partial charge in [-0.1, -0.05) is 12.7 Å². The van der Waals surface area contributed by atoms with Crippen LogP contribution in [0.5, 0.6) is 0 Å². The number of hydrogen-bond acceptors (Lipinski definition) is 1. The van der Waals surface area contributed by atoms with Gasteiger partial charge in [0.25, 0.3) is 0 Å². The molecule has 0 aliphatic carbocycles. The molecule has 2 heteroatoms. The first-order chi connectivity index (χ1) is 3.80. The first kappa shape index (κ1) is 5.23. The zero-order valence-electron chi connectivity index (χ0n) is 4.54. The van der Waals surface area contributed by atoms with E-state index < -0.39 is 0 Å². The van der Waals surface area contributed by atoms with Gasteiger partial charge in [0.2, 0.25) is 7.98 Å². The maximum absolute atomic E-state index is 5.37. The molecule has 0 amide bonds. The van der Waals surface area contributed by atoms with Gasteiger partial charge >= 0.3 is 0 Å². The van der Waals surface area contributed by atoms with Crippen LogP contribution in [0.3, 0.4) is 0 Å². The van der Waals surface area contributed by atoms with E-state index in [-0.39, 0.29) is 0 Å². The second-order valence-electron chi connectivity index (χ2n) is 1.60. The topological polar surface area (TPSA) is 3.24 Å². The Morgan fingerprint density at radius 2 is 2.25 bits per heavy atom. The molecule has 2 radical (unpaired) electrons. The second kappa shape index (κ2) is 1.91. The first-order valence-corrected chi connectivity index (χ1v) is 2.38. The molecule has 0 aromatic carbocycles. The summed E-state index contributed by atoms with van der Waals surface area (Å²) < 4.78 is 0. The van der Waals surface area contributed by atoms with Crippen LogP contribution in [0.15, 0.2) is 36.7 Å². The van der Waals surface area contributed by atoms with Crippen molar-refractivity contribution in [2.24, 2.45) is 0 Å². The van der Waals surface area contributed by atoms with Crippen LogP contribution >= 0.6 is 0 Å². The van der Waals surface area contributed by atoms with Gasteiger partial charge < -0.3 is 4.81 Å². The van der Waals surface area contributed by atoms with E-state index in [0.717, 1.165) is 5.70 Å². The van der Waals surface area contributed by atoms with E-state index in [4.69, 9.17) is 7.98 Å². The molecule has 0 fully saturated rings. The Morgan fingerprint density at radius 1 is 1.50 bits per heavy atom. The lowest BCUT2D eigenvalue weighted by molar-refractivity contribution is 0.771. The highest BCUT2D eigenvalue weighted by molar-refractivity contribution is 6.06. The first-order valence-electron chi connectivity index (χ1n) is 2.38. The van der Waals surface area contributed by atoms with E-state index in [1.165, 1.54) is 4.81 Å². The van der Waals surface area contributed by atoms with Crippen LogP contribution in [-0.4, -0.2) is 12.8 Å². The summed E-state index contributed by atoms with van der Waals surface area (Å²) in [5.41, 5.74) is 0.813. The van der Waals surface area contributed by atoms with Gasteiger partial charge in [-0.25, -0.2) is 0 Å². The highest BCUT2D eigenvalue weighted by atomic mass is 15.0. The average Bonchev–Trinajstić information content (AvgIpc) is 1.77. The third-order valence-corrected chi connectivity index (χ3v) is 0.978. The molecule has 1 aliphatic rings. The molecule has 1 heterocycles. The number of allylic oxidation sites excluding steroid dienone is 3. The minimum Gasteiger partial charge on any atom is -0.404 e. The van der Waals surface area contributed by atoms with Gasteiger partial charge in [-0.05, 0) is 18.4 Å². The Kier molecular flexibility index (Phi) is 1.25. The SMILES string of the molecule is [B]N1C=CC=CC1=C. The molecule has 0 spiro atoms. The van der Waals surface area contributed by atoms with E-state index >= 15 is 0 Å². The largest absolute Gasteiger partial charge is 0.404 e. The number of nitrogens with zero attached hydrogens (tertiary/aromatic N) is 1. The molecule has 8 heavy (non-hydrogen) atoms. The molecule has 1 aliphatic heterocycles. The van der Waals surface area contributed by atoms with Crippen molar-refractivity contribution >= 4 is 7.98 Å². The van der Waals surface area contributed by atoms with Crippen molar-refractivity contribution in [3.63, 3.8) is 0 Å². The van der Waals surface area contributed by atoms with Crippen molar-refractivity contribution in [3.8, 4) is 0 Å². The van der Waals surface area contributed by atoms with E-state index in [0.29, 0.717) is 0 Å². The quantitative estimate of drug-likeness (QED) is 0.413. The molecule has 0 atom stereocenters. The Bertz CT molecular complexity index is 158. The predicted octanol–water partition coefficient (Wildman–Crippen LogP) is 0.969. The van der Waals surface area contributed by atoms with Gasteiger partial charge in [-0.15, -0.1) is 0 Å². The van der Waals surface area contributed by atoms with Crippen molar-refractivity contribution < 1.29 is 0 Å². The van der Waals surface area contributed by atoms with Crippen molar-refractivity contribution in [1.82, 2.24) is 4.81 Å². The van der Waals surface area contributed by atoms with Gasteiger partial charge in [-0.2, -0.15) is 0 Å². The van der Waals surface area contributed by atoms with Crippen molar-refractivity contribution in [2.45, 2.75) is 0 Å². The van der Waals surface area contributed by atoms with Gasteiger partial charge in [0.15, 0.2) is 0 Å². The summed E-state index contributed by atoms with van der Waals surface area (Å²) in [6.07, 6.45) is 7.35. The predicted molar refractivity (Wildman–Crippen MR) is 35.0 cm³/mol. The van der Waals surface area contributed by atoms with Gasteiger partial charge in [0.05, 0.1) is 0 Å². The normalized spacial score (nSPS) is 17.5. The summed E-state index contributed by atoms with van der Waals surface area (Å²) in [5, 5.41) is 0. The summed E-state index contributed by atoms with van der Waals surface area (Å²) in [5.74, 6) is 0. The van der Waals surface area contributed by atoms with Crippen LogP contribution in [-0.2, 0) is 0 Å². The lowest BCUT2D eigenvalue weighted by Gasteiger charge is -2.16. The van der Waals surface area contributed by atoms with Crippen LogP contribution in [0.2, 0.25) is 0 Å². The minimum absolute atomic E-state index is 0.813. The van der Waals surface area contributed by atoms with E-state index in [2.05, 4.69) is 6.58 Å². The summed E-state index contributed by atoms with van der Waals surface area (Å²) >= 11 is 0. The molecule has 0 N–H and O–H groups in total. The highest BCUT2D eigenvalue weighted by Crippen LogP contribution is 2.04. The van der Waals surface area contributed by atoms with Crippen LogP contribution in [0.4, 0.5) is 0 Å². The van der Waals surface area contributed by atoms with E-state index in [9.17, 15) is 0 Å². The third kappa shape index (κ3) is 0.834. The van der Waals surface area contributed by atoms with Crippen molar-refractivity contribution in [3.05, 3.63) is 36.7 Å². The maximum atomic E-state index is 5.37. The van der Waals surface area contributed by atoms with E-state index in [1.807, 2.05) is 18.2 Å². The Balaban J connectivity index is 2.74. The highest BCUT2D eigenvalue weighted by Gasteiger charge is 1.93. The third-order valence-electron chi connectivity index (χ3n) is 0.978. The van der Waals surface area contributed by atoms with Crippen LogP contribution in [0, 0.1) is 0 Å². The lowest BCUT2D eigenvalue weighted by atomic mass is 10.2. The minimum atomic E-state index is 0.813. The zero-order valence-corrected chi connectivity index (χ0v) is 4.54. The second-order valence-corrected chi connectivity index (χ2v) is 1.60.